The number of ether oxygens (including phenoxy) is 1. The molecule has 49 heavy (non-hydrogen) atoms. The normalized spacial score (nSPS) is 17.2. The molecule has 3 aromatic rings. The maximum atomic E-state index is 13.6. The Morgan fingerprint density at radius 3 is 2.04 bits per heavy atom. The third-order valence-corrected chi connectivity index (χ3v) is 8.75. The monoisotopic (exact) mass is 629 g/mol. The predicted octanol–water partition coefficient (Wildman–Crippen LogP) is -2.24. The highest BCUT2D eigenvalue weighted by Gasteiger charge is 2.55. The summed E-state index contributed by atoms with van der Waals surface area (Å²) < 4.78 is 21.1. The van der Waals surface area contributed by atoms with Crippen molar-refractivity contribution in [3.05, 3.63) is 83.3 Å². The molecule has 1 unspecified atom stereocenters. The molecule has 0 aliphatic carbocycles. The van der Waals surface area contributed by atoms with Crippen molar-refractivity contribution in [1.82, 2.24) is 19.4 Å². The molecule has 8 nitrogen and oxygen atoms in total. The standard InChI is InChI=1S/C26H26FN5O3.B14/c1-4-30-14-26(15-33,19-6-8-20(27)9-7-19)32-24(34)21(29-25(30)32)11-18-5-10-22(23(12-18)35-3)31-13-17(2)28-16-31;1-9(2)13(10(3)4)14(11(5)6)12(7)8/h5-13,16,33H,4,14-15H2,1-3H3;/b21-11-;. The van der Waals surface area contributed by atoms with Crippen LogP contribution in [0.2, 0.25) is 0 Å². The molecule has 23 heteroatoms. The lowest BCUT2D eigenvalue weighted by Crippen LogP contribution is -2.72. The number of guanidine groups is 1. The summed E-state index contributed by atoms with van der Waals surface area (Å²) in [6.07, 6.45) is 1.25. The van der Waals surface area contributed by atoms with Gasteiger partial charge >= 0.3 is 0 Å². The van der Waals surface area contributed by atoms with Crippen molar-refractivity contribution in [2.24, 2.45) is 4.99 Å². The number of methoxy groups -OCH3 is 1. The number of amides is 1. The summed E-state index contributed by atoms with van der Waals surface area (Å²) in [4.78, 5) is 26.0. The fraction of sp³-hybridized carbons (Fsp3) is 0.269. The minimum Gasteiger partial charge on any atom is -0.495 e. The zero-order valence-electron chi connectivity index (χ0n) is 27.9. The van der Waals surface area contributed by atoms with Crippen molar-refractivity contribution in [2.75, 3.05) is 26.8 Å². The SMILES string of the molecule is CCN1CC(CO)(c2ccc(F)cc2)N2C(=O)/C(=C/c3ccc(-n4cnc(C)c4)c(OC)c3)N=C12.[B]B([B])B(B([B])[B])B(B([B])[B])B([B])[B]. The summed E-state index contributed by atoms with van der Waals surface area (Å²) in [7, 11) is 45.7. The Morgan fingerprint density at radius 2 is 1.57 bits per heavy atom. The lowest BCUT2D eigenvalue weighted by atomic mass is 8.47. The van der Waals surface area contributed by atoms with Crippen LogP contribution < -0.4 is 4.74 Å². The Labute approximate surface area is 301 Å². The maximum Gasteiger partial charge on any atom is 0.280 e. The molecule has 2 aliphatic heterocycles. The number of carbonyl (C=O) groups is 1. The fourth-order valence-corrected chi connectivity index (χ4v) is 6.25. The summed E-state index contributed by atoms with van der Waals surface area (Å²) in [5.41, 5.74) is 2.33. The zero-order chi connectivity index (χ0) is 36.2. The molecule has 1 aromatic heterocycles. The number of aliphatic hydroxyl groups is 1. The first-order valence-corrected chi connectivity index (χ1v) is 15.7. The van der Waals surface area contributed by atoms with E-state index in [9.17, 15) is 14.3 Å². The second kappa shape index (κ2) is 16.3. The summed E-state index contributed by atoms with van der Waals surface area (Å²) >= 11 is 0. The number of nitrogens with zero attached hydrogens (tertiary/aromatic N) is 5. The van der Waals surface area contributed by atoms with E-state index in [0.29, 0.717) is 30.4 Å². The predicted molar refractivity (Wildman–Crippen MR) is 210 cm³/mol. The highest BCUT2D eigenvalue weighted by molar-refractivity contribution is 8.10. The van der Waals surface area contributed by atoms with Crippen LogP contribution in [0.4, 0.5) is 4.39 Å². The molecule has 5 rings (SSSR count). The summed E-state index contributed by atoms with van der Waals surface area (Å²) in [6, 6.07) is 11.5. The van der Waals surface area contributed by atoms with Gasteiger partial charge in [-0.3, -0.25) is 9.69 Å². The van der Waals surface area contributed by atoms with Crippen LogP contribution in [-0.2, 0) is 10.3 Å². The number of hydrogen-bond donors (Lipinski definition) is 1. The molecule has 1 fully saturated rings. The van der Waals surface area contributed by atoms with Gasteiger partial charge in [0.05, 0.1) is 38.0 Å². The Morgan fingerprint density at radius 1 is 0.980 bits per heavy atom. The molecule has 1 atom stereocenters. The van der Waals surface area contributed by atoms with Crippen LogP contribution in [-0.4, -0.2) is 163 Å². The van der Waals surface area contributed by atoms with Crippen LogP contribution in [0.25, 0.3) is 11.8 Å². The molecule has 2 aliphatic rings. The highest BCUT2D eigenvalue weighted by atomic mass is 19.1. The molecule has 0 spiro atoms. The van der Waals surface area contributed by atoms with Crippen molar-refractivity contribution in [3.63, 3.8) is 0 Å². The van der Waals surface area contributed by atoms with Crippen LogP contribution in [0, 0.1) is 12.7 Å². The summed E-state index contributed by atoms with van der Waals surface area (Å²) in [6.45, 7) is 4.53. The van der Waals surface area contributed by atoms with Crippen LogP contribution in [0.5, 0.6) is 5.75 Å². The van der Waals surface area contributed by atoms with Gasteiger partial charge in [0.25, 0.3) is 5.91 Å². The van der Waals surface area contributed by atoms with Gasteiger partial charge in [-0.25, -0.2) is 14.4 Å². The van der Waals surface area contributed by atoms with E-state index in [1.165, 1.54) is 17.0 Å². The van der Waals surface area contributed by atoms with Gasteiger partial charge in [-0.2, -0.15) is 0 Å². The number of aliphatic hydroxyl groups excluding tert-OH is 1. The minimum atomic E-state index is -1.05. The largest absolute Gasteiger partial charge is 0.495 e. The number of imidazole rings is 1. The second-order valence-corrected chi connectivity index (χ2v) is 12.1. The second-order valence-electron chi connectivity index (χ2n) is 12.1. The van der Waals surface area contributed by atoms with Crippen molar-refractivity contribution in [3.8, 4) is 11.4 Å². The summed E-state index contributed by atoms with van der Waals surface area (Å²) in [5.74, 6) is 0.418. The van der Waals surface area contributed by atoms with E-state index >= 15 is 0 Å². The van der Waals surface area contributed by atoms with E-state index in [0.717, 1.165) is 16.9 Å². The molecule has 1 saturated heterocycles. The van der Waals surface area contributed by atoms with Crippen LogP contribution in [0.15, 0.2) is 65.7 Å². The first-order valence-electron chi connectivity index (χ1n) is 15.7. The van der Waals surface area contributed by atoms with Gasteiger partial charge in [-0.05, 0) is 55.3 Å². The molecule has 222 valence electrons. The van der Waals surface area contributed by atoms with E-state index in [1.54, 1.807) is 31.6 Å². The van der Waals surface area contributed by atoms with E-state index in [2.05, 4.69) is 9.98 Å². The van der Waals surface area contributed by atoms with Gasteiger partial charge in [-0.1, -0.05) is 18.2 Å². The highest BCUT2D eigenvalue weighted by Crippen LogP contribution is 2.41. The number of halogens is 1. The molecule has 3 heterocycles. The number of carbonyl (C=O) groups excluding carboxylic acids is 1. The molecule has 1 amide bonds. The van der Waals surface area contributed by atoms with Crippen LogP contribution in [0.1, 0.15) is 23.7 Å². The first kappa shape index (κ1) is 38.7. The van der Waals surface area contributed by atoms with E-state index < -0.39 is 43.8 Å². The third-order valence-electron chi connectivity index (χ3n) is 8.75. The molecular formula is C26H26B14FN5O3. The van der Waals surface area contributed by atoms with Gasteiger partial charge in [0, 0.05) is 113 Å². The number of aromatic nitrogens is 2. The molecule has 16 radical (unpaired) electrons. The number of rotatable bonds is 11. The molecule has 0 bridgehead atoms. The minimum absolute atomic E-state index is 0.256. The lowest BCUT2D eigenvalue weighted by Gasteiger charge is -2.34. The molecular weight excluding hydrogens is 601 g/mol. The lowest BCUT2D eigenvalue weighted by molar-refractivity contribution is -0.127. The maximum absolute atomic E-state index is 13.6. The third kappa shape index (κ3) is 8.13. The Hall–Kier alpha value is -3.07. The Bertz CT molecular complexity index is 1640. The smallest absolute Gasteiger partial charge is 0.280 e. The quantitative estimate of drug-likeness (QED) is 0.192. The van der Waals surface area contributed by atoms with Crippen molar-refractivity contribution < 1.29 is 19.0 Å². The molecule has 1 N–H and O–H groups in total. The van der Waals surface area contributed by atoms with Crippen molar-refractivity contribution in [2.45, 2.75) is 19.4 Å². The van der Waals surface area contributed by atoms with Gasteiger partial charge in [0.1, 0.15) is 22.8 Å². The van der Waals surface area contributed by atoms with Crippen molar-refractivity contribution in [1.29, 1.82) is 0 Å². The first-order chi connectivity index (χ1) is 23.2. The Kier molecular flexibility index (Phi) is 12.9. The number of hydrogen-bond acceptors (Lipinski definition) is 6. The average molecular weight is 627 g/mol. The fourth-order valence-electron chi connectivity index (χ4n) is 6.25. The van der Waals surface area contributed by atoms with Crippen LogP contribution in [0.3, 0.4) is 0 Å². The van der Waals surface area contributed by atoms with E-state index in [4.69, 9.17) is 66.6 Å². The van der Waals surface area contributed by atoms with Gasteiger partial charge in [-0.15, -0.1) is 0 Å². The van der Waals surface area contributed by atoms with Gasteiger partial charge in [0.15, 0.2) is 0 Å². The van der Waals surface area contributed by atoms with E-state index in [1.807, 2.05) is 47.7 Å². The number of aryl methyl sites for hydroxylation is 1. The van der Waals surface area contributed by atoms with Gasteiger partial charge in [0.2, 0.25) is 5.96 Å². The molecule has 2 aromatic carbocycles. The zero-order valence-corrected chi connectivity index (χ0v) is 27.9. The van der Waals surface area contributed by atoms with E-state index in [-0.39, 0.29) is 24.0 Å². The number of benzene rings is 2. The Balaban J connectivity index is 0.000000328. The molecule has 0 saturated carbocycles. The topological polar surface area (TPSA) is 83.2 Å². The van der Waals surface area contributed by atoms with Gasteiger partial charge < -0.3 is 19.3 Å². The van der Waals surface area contributed by atoms with Crippen LogP contribution >= 0.6 is 0 Å². The van der Waals surface area contributed by atoms with Crippen molar-refractivity contribution >= 4 is 118 Å². The number of aliphatic imine (C=N–C) groups is 1. The summed E-state index contributed by atoms with van der Waals surface area (Å²) in [5, 5.41) is 10.5. The number of fused-ring (bicyclic) bond motifs is 1. The average Bonchev–Trinajstić information content (AvgIpc) is 3.73. The number of likely N-dealkylation sites (N-methyl/N-ethyl adjacent to an activating group) is 1.